The molecule has 106 valence electrons. The third-order valence-corrected chi connectivity index (χ3v) is 5.88. The minimum atomic E-state index is 0.769. The maximum absolute atomic E-state index is 4.89. The maximum Gasteiger partial charge on any atom is 0.0944 e. The van der Waals surface area contributed by atoms with Crippen LogP contribution in [0.3, 0.4) is 0 Å². The monoisotopic (exact) mass is 296 g/mol. The third-order valence-electron chi connectivity index (χ3n) is 4.22. The summed E-state index contributed by atoms with van der Waals surface area (Å²) in [5, 5.41) is 1.34. The van der Waals surface area contributed by atoms with Gasteiger partial charge in [-0.05, 0) is 38.8 Å². The summed E-state index contributed by atoms with van der Waals surface area (Å²) >= 11 is 6.37. The zero-order valence-corrected chi connectivity index (χ0v) is 13.3. The van der Waals surface area contributed by atoms with Crippen molar-refractivity contribution in [3.8, 4) is 0 Å². The average Bonchev–Trinajstić information content (AvgIpc) is 3.22. The zero-order chi connectivity index (χ0) is 13.1. The molecule has 2 aliphatic rings. The second-order valence-corrected chi connectivity index (χ2v) is 7.34. The SMILES string of the molecule is SCc1sc(CCN2CCCCCC2)nc1C1CC1. The Labute approximate surface area is 126 Å². The van der Waals surface area contributed by atoms with E-state index in [0.29, 0.717) is 0 Å². The molecule has 0 radical (unpaired) electrons. The zero-order valence-electron chi connectivity index (χ0n) is 11.6. The molecule has 0 bridgehead atoms. The molecule has 2 heterocycles. The molecule has 0 atom stereocenters. The van der Waals surface area contributed by atoms with Gasteiger partial charge >= 0.3 is 0 Å². The summed E-state index contributed by atoms with van der Waals surface area (Å²) in [6.45, 7) is 3.78. The van der Waals surface area contributed by atoms with Crippen molar-refractivity contribution < 1.29 is 0 Å². The molecule has 4 heteroatoms. The molecule has 19 heavy (non-hydrogen) atoms. The van der Waals surface area contributed by atoms with Crippen LogP contribution >= 0.6 is 24.0 Å². The first-order valence-corrected chi connectivity index (χ1v) is 9.13. The van der Waals surface area contributed by atoms with Gasteiger partial charge in [0.1, 0.15) is 0 Å². The normalized spacial score (nSPS) is 21.5. The molecule has 1 aromatic rings. The molecule has 0 N–H and O–H groups in total. The van der Waals surface area contributed by atoms with Gasteiger partial charge in [0.25, 0.3) is 0 Å². The van der Waals surface area contributed by atoms with Gasteiger partial charge < -0.3 is 4.90 Å². The Morgan fingerprint density at radius 2 is 1.89 bits per heavy atom. The lowest BCUT2D eigenvalue weighted by Gasteiger charge is -2.18. The van der Waals surface area contributed by atoms with Gasteiger partial charge in [0, 0.05) is 29.5 Å². The summed E-state index contributed by atoms with van der Waals surface area (Å²) in [7, 11) is 0. The average molecular weight is 297 g/mol. The van der Waals surface area contributed by atoms with E-state index in [1.165, 1.54) is 73.7 Å². The molecule has 2 fully saturated rings. The van der Waals surface area contributed by atoms with Crippen molar-refractivity contribution in [2.75, 3.05) is 19.6 Å². The summed E-state index contributed by atoms with van der Waals surface area (Å²) in [5.74, 6) is 1.64. The van der Waals surface area contributed by atoms with Gasteiger partial charge in [-0.2, -0.15) is 12.6 Å². The largest absolute Gasteiger partial charge is 0.303 e. The highest BCUT2D eigenvalue weighted by Crippen LogP contribution is 2.43. The van der Waals surface area contributed by atoms with Crippen LogP contribution in [0.5, 0.6) is 0 Å². The lowest BCUT2D eigenvalue weighted by atomic mass is 10.2. The summed E-state index contributed by atoms with van der Waals surface area (Å²) in [6.07, 6.45) is 9.43. The van der Waals surface area contributed by atoms with Gasteiger partial charge in [-0.1, -0.05) is 12.8 Å². The predicted molar refractivity (Wildman–Crippen MR) is 85.4 cm³/mol. The topological polar surface area (TPSA) is 16.1 Å². The second kappa shape index (κ2) is 6.59. The Kier molecular flexibility index (Phi) is 4.83. The number of nitrogens with zero attached hydrogens (tertiary/aromatic N) is 2. The highest BCUT2D eigenvalue weighted by Gasteiger charge is 2.29. The van der Waals surface area contributed by atoms with Crippen molar-refractivity contribution in [1.82, 2.24) is 9.88 Å². The second-order valence-electron chi connectivity index (χ2n) is 5.85. The molecule has 2 nitrogen and oxygen atoms in total. The number of likely N-dealkylation sites (tertiary alicyclic amines) is 1. The van der Waals surface area contributed by atoms with Gasteiger partial charge in [-0.25, -0.2) is 4.98 Å². The van der Waals surface area contributed by atoms with Gasteiger partial charge in [0.05, 0.1) is 10.7 Å². The number of hydrogen-bond donors (Lipinski definition) is 1. The summed E-state index contributed by atoms with van der Waals surface area (Å²) in [4.78, 5) is 8.95. The fourth-order valence-corrected chi connectivity index (χ4v) is 4.28. The highest BCUT2D eigenvalue weighted by molar-refractivity contribution is 7.79. The van der Waals surface area contributed by atoms with Crippen molar-refractivity contribution in [3.63, 3.8) is 0 Å². The third kappa shape index (κ3) is 3.73. The van der Waals surface area contributed by atoms with E-state index in [0.717, 1.165) is 18.1 Å². The van der Waals surface area contributed by atoms with Crippen LogP contribution in [0.25, 0.3) is 0 Å². The van der Waals surface area contributed by atoms with E-state index in [4.69, 9.17) is 4.98 Å². The Hall–Kier alpha value is -0.0600. The fraction of sp³-hybridized carbons (Fsp3) is 0.800. The number of rotatable bonds is 5. The lowest BCUT2D eigenvalue weighted by Crippen LogP contribution is -2.26. The van der Waals surface area contributed by atoms with Crippen LogP contribution < -0.4 is 0 Å². The Balaban J connectivity index is 1.56. The van der Waals surface area contributed by atoms with E-state index >= 15 is 0 Å². The summed E-state index contributed by atoms with van der Waals surface area (Å²) in [5.41, 5.74) is 1.38. The first kappa shape index (κ1) is 13.9. The summed E-state index contributed by atoms with van der Waals surface area (Å²) in [6, 6.07) is 0. The minimum Gasteiger partial charge on any atom is -0.303 e. The van der Waals surface area contributed by atoms with Crippen LogP contribution in [0.2, 0.25) is 0 Å². The standard InChI is InChI=1S/C15H24N2S2/c18-11-13-15(12-5-6-12)16-14(19-13)7-10-17-8-3-1-2-4-9-17/h12,18H,1-11H2. The Morgan fingerprint density at radius 1 is 1.16 bits per heavy atom. The van der Waals surface area contributed by atoms with Gasteiger partial charge in [0.2, 0.25) is 0 Å². The number of aromatic nitrogens is 1. The van der Waals surface area contributed by atoms with Crippen LogP contribution in [-0.2, 0) is 12.2 Å². The number of hydrogen-bond acceptors (Lipinski definition) is 4. The Morgan fingerprint density at radius 3 is 2.53 bits per heavy atom. The first-order valence-electron chi connectivity index (χ1n) is 7.68. The van der Waals surface area contributed by atoms with E-state index in [2.05, 4.69) is 17.5 Å². The minimum absolute atomic E-state index is 0.769. The van der Waals surface area contributed by atoms with E-state index < -0.39 is 0 Å². The molecular formula is C15H24N2S2. The molecule has 0 amide bonds. The van der Waals surface area contributed by atoms with E-state index in [-0.39, 0.29) is 0 Å². The molecule has 1 saturated heterocycles. The smallest absolute Gasteiger partial charge is 0.0944 e. The first-order chi connectivity index (χ1) is 9.36. The fourth-order valence-electron chi connectivity index (χ4n) is 2.92. The molecule has 1 aromatic heterocycles. The summed E-state index contributed by atoms with van der Waals surface area (Å²) < 4.78 is 0. The van der Waals surface area contributed by atoms with Crippen LogP contribution in [0.1, 0.15) is 60.0 Å². The van der Waals surface area contributed by atoms with Crippen molar-refractivity contribution in [2.24, 2.45) is 0 Å². The molecule has 0 unspecified atom stereocenters. The molecule has 1 aliphatic carbocycles. The molecule has 1 saturated carbocycles. The van der Waals surface area contributed by atoms with Crippen molar-refractivity contribution in [1.29, 1.82) is 0 Å². The quantitative estimate of drug-likeness (QED) is 0.830. The van der Waals surface area contributed by atoms with E-state index in [1.54, 1.807) is 0 Å². The molecule has 0 spiro atoms. The maximum atomic E-state index is 4.89. The van der Waals surface area contributed by atoms with Crippen molar-refractivity contribution in [2.45, 2.75) is 56.6 Å². The predicted octanol–water partition coefficient (Wildman–Crippen LogP) is 3.87. The molecule has 1 aliphatic heterocycles. The Bertz CT molecular complexity index is 404. The van der Waals surface area contributed by atoms with Crippen LogP contribution in [0, 0.1) is 0 Å². The van der Waals surface area contributed by atoms with Crippen LogP contribution in [-0.4, -0.2) is 29.5 Å². The van der Waals surface area contributed by atoms with E-state index in [1.807, 2.05) is 11.3 Å². The van der Waals surface area contributed by atoms with Crippen LogP contribution in [0.4, 0.5) is 0 Å². The molecular weight excluding hydrogens is 272 g/mol. The van der Waals surface area contributed by atoms with Gasteiger partial charge in [-0.15, -0.1) is 11.3 Å². The van der Waals surface area contributed by atoms with Gasteiger partial charge in [0.15, 0.2) is 0 Å². The number of thiol groups is 1. The van der Waals surface area contributed by atoms with Crippen molar-refractivity contribution in [3.05, 3.63) is 15.6 Å². The lowest BCUT2D eigenvalue weighted by molar-refractivity contribution is 0.288. The molecule has 3 rings (SSSR count). The molecule has 0 aromatic carbocycles. The number of thiazole rings is 1. The van der Waals surface area contributed by atoms with E-state index in [9.17, 15) is 0 Å². The van der Waals surface area contributed by atoms with Gasteiger partial charge in [-0.3, -0.25) is 0 Å². The highest BCUT2D eigenvalue weighted by atomic mass is 32.1. The van der Waals surface area contributed by atoms with Crippen molar-refractivity contribution >= 4 is 24.0 Å². The van der Waals surface area contributed by atoms with Crippen LogP contribution in [0.15, 0.2) is 0 Å².